The van der Waals surface area contributed by atoms with E-state index in [1.54, 1.807) is 6.20 Å². The lowest BCUT2D eigenvalue weighted by atomic mass is 9.93. The van der Waals surface area contributed by atoms with Gasteiger partial charge in [0.1, 0.15) is 13.2 Å². The number of hydrogen-bond acceptors (Lipinski definition) is 5. The first-order valence-corrected chi connectivity index (χ1v) is 11.4. The van der Waals surface area contributed by atoms with Gasteiger partial charge in [-0.05, 0) is 61.6 Å². The van der Waals surface area contributed by atoms with Crippen molar-refractivity contribution in [3.63, 3.8) is 0 Å². The molecule has 1 aromatic heterocycles. The molecule has 1 atom stereocenters. The van der Waals surface area contributed by atoms with E-state index in [4.69, 9.17) is 9.47 Å². The van der Waals surface area contributed by atoms with Crippen molar-refractivity contribution in [2.24, 2.45) is 5.92 Å². The third-order valence-electron chi connectivity index (χ3n) is 6.24. The molecule has 3 heterocycles. The number of hydrogen-bond donors (Lipinski definition) is 0. The molecule has 31 heavy (non-hydrogen) atoms. The first kappa shape index (κ1) is 21.6. The number of aromatic nitrogens is 1. The predicted molar refractivity (Wildman–Crippen MR) is 120 cm³/mol. The minimum atomic E-state index is 0.236. The second kappa shape index (κ2) is 10.6. The monoisotopic (exact) mass is 423 g/mol. The van der Waals surface area contributed by atoms with E-state index < -0.39 is 0 Å². The molecule has 1 saturated heterocycles. The fourth-order valence-electron chi connectivity index (χ4n) is 4.45. The van der Waals surface area contributed by atoms with E-state index >= 15 is 0 Å². The van der Waals surface area contributed by atoms with Crippen molar-refractivity contribution in [3.8, 4) is 11.5 Å². The summed E-state index contributed by atoms with van der Waals surface area (Å²) >= 11 is 0. The van der Waals surface area contributed by atoms with E-state index in [0.717, 1.165) is 56.2 Å². The summed E-state index contributed by atoms with van der Waals surface area (Å²) < 4.78 is 11.3. The van der Waals surface area contributed by atoms with Gasteiger partial charge in [0, 0.05) is 51.4 Å². The van der Waals surface area contributed by atoms with Crippen LogP contribution in [0.3, 0.4) is 0 Å². The van der Waals surface area contributed by atoms with Crippen LogP contribution in [-0.4, -0.2) is 60.6 Å². The molecule has 2 aliphatic heterocycles. The van der Waals surface area contributed by atoms with Gasteiger partial charge in [0.05, 0.1) is 0 Å². The molecule has 1 amide bonds. The number of piperidine rings is 1. The molecule has 0 radical (unpaired) electrons. The van der Waals surface area contributed by atoms with Crippen LogP contribution in [0.2, 0.25) is 0 Å². The maximum Gasteiger partial charge on any atom is 0.222 e. The Balaban J connectivity index is 1.21. The molecule has 1 fully saturated rings. The summed E-state index contributed by atoms with van der Waals surface area (Å²) in [6.07, 6.45) is 6.60. The molecule has 2 aliphatic rings. The fraction of sp³-hybridized carbons (Fsp3) is 0.520. The maximum absolute atomic E-state index is 12.6. The molecule has 1 aromatic carbocycles. The Kier molecular flexibility index (Phi) is 7.41. The third kappa shape index (κ3) is 6.20. The van der Waals surface area contributed by atoms with Gasteiger partial charge in [-0.15, -0.1) is 0 Å². The zero-order chi connectivity index (χ0) is 21.5. The molecule has 0 spiro atoms. The number of carbonyl (C=O) groups excluding carboxylic acids is 1. The zero-order valence-corrected chi connectivity index (χ0v) is 18.5. The molecule has 2 aromatic rings. The van der Waals surface area contributed by atoms with E-state index in [0.29, 0.717) is 25.6 Å². The number of fused-ring (bicyclic) bond motifs is 1. The Morgan fingerprint density at radius 3 is 2.90 bits per heavy atom. The lowest BCUT2D eigenvalue weighted by Gasteiger charge is -2.33. The van der Waals surface area contributed by atoms with Crippen LogP contribution in [-0.2, 0) is 17.8 Å². The van der Waals surface area contributed by atoms with Crippen LogP contribution in [0.25, 0.3) is 0 Å². The highest BCUT2D eigenvalue weighted by molar-refractivity contribution is 5.75. The van der Waals surface area contributed by atoms with Crippen LogP contribution in [0.4, 0.5) is 0 Å². The van der Waals surface area contributed by atoms with Gasteiger partial charge in [-0.2, -0.15) is 0 Å². The summed E-state index contributed by atoms with van der Waals surface area (Å²) in [6, 6.07) is 12.2. The average molecular weight is 424 g/mol. The van der Waals surface area contributed by atoms with Crippen molar-refractivity contribution in [2.45, 2.75) is 38.6 Å². The Morgan fingerprint density at radius 1 is 1.19 bits per heavy atom. The second-order valence-electron chi connectivity index (χ2n) is 8.65. The smallest absolute Gasteiger partial charge is 0.222 e. The zero-order valence-electron chi connectivity index (χ0n) is 18.5. The van der Waals surface area contributed by atoms with Crippen LogP contribution >= 0.6 is 0 Å². The van der Waals surface area contributed by atoms with Crippen molar-refractivity contribution in [3.05, 3.63) is 53.9 Å². The lowest BCUT2D eigenvalue weighted by Crippen LogP contribution is -2.36. The SMILES string of the molecule is CN(CCc1ccccn1)C(=O)CC[C@H]1CCCN(Cc2ccc3c(c2)OCCO3)C1. The number of ether oxygens (including phenoxy) is 2. The highest BCUT2D eigenvalue weighted by Crippen LogP contribution is 2.31. The van der Waals surface area contributed by atoms with Gasteiger partial charge in [0.2, 0.25) is 5.91 Å². The van der Waals surface area contributed by atoms with E-state index in [-0.39, 0.29) is 5.91 Å². The minimum Gasteiger partial charge on any atom is -0.486 e. The molecule has 0 aliphatic carbocycles. The van der Waals surface area contributed by atoms with Crippen molar-refractivity contribution in [1.82, 2.24) is 14.8 Å². The third-order valence-corrected chi connectivity index (χ3v) is 6.24. The number of amides is 1. The van der Waals surface area contributed by atoms with Crippen molar-refractivity contribution >= 4 is 5.91 Å². The Hall–Kier alpha value is -2.60. The minimum absolute atomic E-state index is 0.236. The molecule has 0 bridgehead atoms. The topological polar surface area (TPSA) is 54.9 Å². The van der Waals surface area contributed by atoms with Gasteiger partial charge in [-0.3, -0.25) is 14.7 Å². The number of carbonyl (C=O) groups is 1. The molecular weight excluding hydrogens is 390 g/mol. The van der Waals surface area contributed by atoms with Gasteiger partial charge in [-0.1, -0.05) is 12.1 Å². The van der Waals surface area contributed by atoms with Crippen LogP contribution < -0.4 is 9.47 Å². The number of likely N-dealkylation sites (N-methyl/N-ethyl adjacent to an activating group) is 1. The molecular formula is C25H33N3O3. The van der Waals surface area contributed by atoms with Crippen molar-refractivity contribution in [1.29, 1.82) is 0 Å². The number of rotatable bonds is 8. The highest BCUT2D eigenvalue weighted by atomic mass is 16.6. The molecule has 0 unspecified atom stereocenters. The summed E-state index contributed by atoms with van der Waals surface area (Å²) in [7, 11) is 1.90. The lowest BCUT2D eigenvalue weighted by molar-refractivity contribution is -0.130. The summed E-state index contributed by atoms with van der Waals surface area (Å²) in [4.78, 5) is 21.3. The molecule has 0 saturated carbocycles. The maximum atomic E-state index is 12.6. The molecule has 6 nitrogen and oxygen atoms in total. The second-order valence-corrected chi connectivity index (χ2v) is 8.65. The van der Waals surface area contributed by atoms with E-state index in [1.807, 2.05) is 36.2 Å². The Bertz CT molecular complexity index is 858. The number of pyridine rings is 1. The molecule has 4 rings (SSSR count). The highest BCUT2D eigenvalue weighted by Gasteiger charge is 2.22. The van der Waals surface area contributed by atoms with Gasteiger partial charge < -0.3 is 14.4 Å². The normalized spacial score (nSPS) is 18.5. The van der Waals surface area contributed by atoms with Crippen molar-refractivity contribution < 1.29 is 14.3 Å². The summed E-state index contributed by atoms with van der Waals surface area (Å²) in [5.41, 5.74) is 2.29. The van der Waals surface area contributed by atoms with Gasteiger partial charge in [0.15, 0.2) is 11.5 Å². The van der Waals surface area contributed by atoms with E-state index in [9.17, 15) is 4.79 Å². The van der Waals surface area contributed by atoms with Crippen LogP contribution in [0, 0.1) is 5.92 Å². The summed E-state index contributed by atoms with van der Waals surface area (Å²) in [5, 5.41) is 0. The van der Waals surface area contributed by atoms with Gasteiger partial charge >= 0.3 is 0 Å². The van der Waals surface area contributed by atoms with Crippen LogP contribution in [0.15, 0.2) is 42.6 Å². The predicted octanol–water partition coefficient (Wildman–Crippen LogP) is 3.55. The fourth-order valence-corrected chi connectivity index (χ4v) is 4.45. The molecule has 0 N–H and O–H groups in total. The van der Waals surface area contributed by atoms with Crippen molar-refractivity contribution in [2.75, 3.05) is 39.9 Å². The quantitative estimate of drug-likeness (QED) is 0.650. The first-order valence-electron chi connectivity index (χ1n) is 11.4. The van der Waals surface area contributed by atoms with Crippen LogP contribution in [0.5, 0.6) is 11.5 Å². The number of benzene rings is 1. The Morgan fingerprint density at radius 2 is 2.06 bits per heavy atom. The Labute approximate surface area is 185 Å². The standard InChI is InChI=1S/C25H33N3O3/c1-27(14-11-22-6-2-3-12-26-22)25(29)10-8-20-5-4-13-28(18-20)19-21-7-9-23-24(17-21)31-16-15-30-23/h2-3,6-7,9,12,17,20H,4-5,8,10-11,13-16,18-19H2,1H3/t20-/m1/s1. The summed E-state index contributed by atoms with van der Waals surface area (Å²) in [6.45, 7) is 5.05. The largest absolute Gasteiger partial charge is 0.486 e. The molecule has 6 heteroatoms. The number of nitrogens with zero attached hydrogens (tertiary/aromatic N) is 3. The van der Waals surface area contributed by atoms with Gasteiger partial charge in [-0.25, -0.2) is 0 Å². The average Bonchev–Trinajstić information content (AvgIpc) is 2.82. The van der Waals surface area contributed by atoms with E-state index in [1.165, 1.54) is 18.4 Å². The van der Waals surface area contributed by atoms with E-state index in [2.05, 4.69) is 22.0 Å². The van der Waals surface area contributed by atoms with Crippen LogP contribution in [0.1, 0.15) is 36.9 Å². The first-order chi connectivity index (χ1) is 15.2. The van der Waals surface area contributed by atoms with Gasteiger partial charge in [0.25, 0.3) is 0 Å². The number of likely N-dealkylation sites (tertiary alicyclic amines) is 1. The summed E-state index contributed by atoms with van der Waals surface area (Å²) in [5.74, 6) is 2.52. The molecule has 166 valence electrons.